The molecular weight excluding hydrogens is 536 g/mol. The Kier molecular flexibility index (Phi) is 7.86. The quantitative estimate of drug-likeness (QED) is 0.378. The Balaban J connectivity index is 1.31. The summed E-state index contributed by atoms with van der Waals surface area (Å²) < 4.78 is 10.6. The van der Waals surface area contributed by atoms with Gasteiger partial charge in [0, 0.05) is 36.5 Å². The van der Waals surface area contributed by atoms with Crippen LogP contribution in [-0.4, -0.2) is 66.2 Å². The van der Waals surface area contributed by atoms with E-state index < -0.39 is 5.66 Å². The molecule has 9 heteroatoms. The third kappa shape index (κ3) is 5.11. The fourth-order valence-corrected chi connectivity index (χ4v) is 6.42. The van der Waals surface area contributed by atoms with Crippen molar-refractivity contribution in [1.29, 1.82) is 0 Å². The summed E-state index contributed by atoms with van der Waals surface area (Å²) in [5.74, 6) is 1.33. The lowest BCUT2D eigenvalue weighted by Gasteiger charge is -2.47. The molecule has 3 aromatic rings. The third-order valence-corrected chi connectivity index (χ3v) is 8.54. The molecule has 0 aromatic heterocycles. The number of carbonyl (C=O) groups is 3. The van der Waals surface area contributed by atoms with E-state index in [0.29, 0.717) is 41.6 Å². The number of methoxy groups -OCH3 is 2. The molecule has 1 atom stereocenters. The molecule has 0 radical (unpaired) electrons. The zero-order valence-corrected chi connectivity index (χ0v) is 23.4. The minimum Gasteiger partial charge on any atom is -0.493 e. The molecule has 2 amide bonds. The number of ether oxygens (including phenoxy) is 2. The number of halogens is 1. The second kappa shape index (κ2) is 11.3. The molecule has 0 bridgehead atoms. The van der Waals surface area contributed by atoms with E-state index in [0.717, 1.165) is 16.7 Å². The molecule has 0 aliphatic carbocycles. The molecule has 2 heterocycles. The molecule has 1 unspecified atom stereocenters. The van der Waals surface area contributed by atoms with Crippen molar-refractivity contribution in [3.05, 3.63) is 94.0 Å². The number of nitrogens with zero attached hydrogens (tertiary/aromatic N) is 2. The summed E-state index contributed by atoms with van der Waals surface area (Å²) in [6.07, 6.45) is 0.726. The van der Waals surface area contributed by atoms with Crippen molar-refractivity contribution >= 4 is 41.0 Å². The van der Waals surface area contributed by atoms with E-state index in [1.807, 2.05) is 47.4 Å². The Morgan fingerprint density at radius 2 is 1.69 bits per heavy atom. The van der Waals surface area contributed by atoms with Crippen molar-refractivity contribution in [2.75, 3.05) is 38.8 Å². The van der Waals surface area contributed by atoms with Crippen LogP contribution in [0.5, 0.6) is 11.5 Å². The normalized spacial score (nSPS) is 18.0. The number of ketones is 1. The molecule has 39 heavy (non-hydrogen) atoms. The van der Waals surface area contributed by atoms with Crippen molar-refractivity contribution in [3.63, 3.8) is 0 Å². The predicted molar refractivity (Wildman–Crippen MR) is 152 cm³/mol. The first-order valence-electron chi connectivity index (χ1n) is 12.6. The van der Waals surface area contributed by atoms with Crippen molar-refractivity contribution in [1.82, 2.24) is 9.80 Å². The summed E-state index contributed by atoms with van der Waals surface area (Å²) in [4.78, 5) is 43.5. The van der Waals surface area contributed by atoms with Crippen LogP contribution in [0.4, 0.5) is 0 Å². The first kappa shape index (κ1) is 27.1. The lowest BCUT2D eigenvalue weighted by molar-refractivity contribution is -0.136. The van der Waals surface area contributed by atoms with Gasteiger partial charge < -0.3 is 19.3 Å². The smallest absolute Gasteiger partial charge is 0.256 e. The minimum absolute atomic E-state index is 0.0113. The standard InChI is InChI=1S/C30H29ClN2O5S/c1-37-26-12-7-20(16-27(26)38-2)15-24(34)18-39-19-28(35)32-13-14-33-29(36)25-6-4-3-5-21(25)17-30(32,33)22-8-10-23(31)11-9-22/h3-12,16H,13-15,17-19H2,1-2H3. The number of amides is 2. The Morgan fingerprint density at radius 3 is 2.44 bits per heavy atom. The van der Waals surface area contributed by atoms with E-state index in [1.54, 1.807) is 43.4 Å². The van der Waals surface area contributed by atoms with Crippen LogP contribution in [0.2, 0.25) is 5.02 Å². The molecule has 0 saturated carbocycles. The number of carbonyl (C=O) groups excluding carboxylic acids is 3. The Bertz CT molecular complexity index is 1410. The predicted octanol–water partition coefficient (Wildman–Crippen LogP) is 4.60. The summed E-state index contributed by atoms with van der Waals surface area (Å²) in [6.45, 7) is 0.853. The zero-order chi connectivity index (χ0) is 27.6. The number of thioether (sulfide) groups is 1. The van der Waals surface area contributed by atoms with Gasteiger partial charge >= 0.3 is 0 Å². The van der Waals surface area contributed by atoms with Crippen LogP contribution in [0.1, 0.15) is 27.0 Å². The Labute approximate surface area is 237 Å². The molecule has 2 aliphatic heterocycles. The van der Waals surface area contributed by atoms with Crippen LogP contribution >= 0.6 is 23.4 Å². The lowest BCUT2D eigenvalue weighted by Crippen LogP contribution is -2.58. The molecule has 3 aromatic carbocycles. The molecule has 202 valence electrons. The van der Waals surface area contributed by atoms with Crippen LogP contribution in [0.15, 0.2) is 66.7 Å². The maximum Gasteiger partial charge on any atom is 0.256 e. The van der Waals surface area contributed by atoms with Gasteiger partial charge in [-0.05, 0) is 47.0 Å². The van der Waals surface area contributed by atoms with Crippen molar-refractivity contribution in [2.24, 2.45) is 0 Å². The molecule has 1 saturated heterocycles. The van der Waals surface area contributed by atoms with Crippen LogP contribution in [0.3, 0.4) is 0 Å². The summed E-state index contributed by atoms with van der Waals surface area (Å²) in [6, 6.07) is 20.3. The van der Waals surface area contributed by atoms with E-state index >= 15 is 0 Å². The van der Waals surface area contributed by atoms with Crippen molar-refractivity contribution in [3.8, 4) is 11.5 Å². The van der Waals surface area contributed by atoms with E-state index in [-0.39, 0.29) is 35.5 Å². The third-order valence-electron chi connectivity index (χ3n) is 7.32. The van der Waals surface area contributed by atoms with Gasteiger partial charge in [-0.1, -0.05) is 48.0 Å². The average molecular weight is 565 g/mol. The summed E-state index contributed by atoms with van der Waals surface area (Å²) in [5, 5.41) is 0.587. The molecule has 7 nitrogen and oxygen atoms in total. The van der Waals surface area contributed by atoms with Crippen LogP contribution in [0.25, 0.3) is 0 Å². The van der Waals surface area contributed by atoms with E-state index in [1.165, 1.54) is 11.8 Å². The summed E-state index contributed by atoms with van der Waals surface area (Å²) in [7, 11) is 3.12. The van der Waals surface area contributed by atoms with Gasteiger partial charge in [0.2, 0.25) is 5.91 Å². The average Bonchev–Trinajstić information content (AvgIpc) is 3.34. The SMILES string of the molecule is COc1ccc(CC(=O)CSCC(=O)N2CCN3C(=O)c4ccccc4CC23c2ccc(Cl)cc2)cc1OC. The highest BCUT2D eigenvalue weighted by Gasteiger charge is 2.55. The van der Waals surface area contributed by atoms with Gasteiger partial charge in [0.15, 0.2) is 11.5 Å². The molecule has 2 aliphatic rings. The van der Waals surface area contributed by atoms with Gasteiger partial charge in [0.25, 0.3) is 5.91 Å². The number of Topliss-reactive ketones (excluding diaryl/α,β-unsaturated/α-hetero) is 1. The van der Waals surface area contributed by atoms with Gasteiger partial charge in [0.1, 0.15) is 11.4 Å². The van der Waals surface area contributed by atoms with Gasteiger partial charge in [-0.3, -0.25) is 14.4 Å². The number of fused-ring (bicyclic) bond motifs is 2. The topological polar surface area (TPSA) is 76.2 Å². The van der Waals surface area contributed by atoms with Gasteiger partial charge in [-0.15, -0.1) is 11.8 Å². The molecular formula is C30H29ClN2O5S. The van der Waals surface area contributed by atoms with Crippen LogP contribution < -0.4 is 9.47 Å². The summed E-state index contributed by atoms with van der Waals surface area (Å²) >= 11 is 7.47. The number of benzene rings is 3. The zero-order valence-electron chi connectivity index (χ0n) is 21.8. The van der Waals surface area contributed by atoms with Crippen molar-refractivity contribution < 1.29 is 23.9 Å². The molecule has 0 N–H and O–H groups in total. The van der Waals surface area contributed by atoms with Crippen molar-refractivity contribution in [2.45, 2.75) is 18.5 Å². The van der Waals surface area contributed by atoms with Crippen LogP contribution in [-0.2, 0) is 28.1 Å². The minimum atomic E-state index is -0.933. The second-order valence-corrected chi connectivity index (χ2v) is 11.0. The first-order chi connectivity index (χ1) is 18.9. The van der Waals surface area contributed by atoms with Gasteiger partial charge in [0.05, 0.1) is 25.7 Å². The highest BCUT2D eigenvalue weighted by molar-refractivity contribution is 8.00. The highest BCUT2D eigenvalue weighted by atomic mass is 35.5. The first-order valence-corrected chi connectivity index (χ1v) is 14.2. The van der Waals surface area contributed by atoms with E-state index in [9.17, 15) is 14.4 Å². The van der Waals surface area contributed by atoms with Gasteiger partial charge in [-0.25, -0.2) is 0 Å². The van der Waals surface area contributed by atoms with E-state index in [2.05, 4.69) is 0 Å². The number of rotatable bonds is 9. The highest BCUT2D eigenvalue weighted by Crippen LogP contribution is 2.45. The fourth-order valence-electron chi connectivity index (χ4n) is 5.53. The largest absolute Gasteiger partial charge is 0.493 e. The molecule has 1 fully saturated rings. The lowest BCUT2D eigenvalue weighted by atomic mass is 9.84. The molecule has 5 rings (SSSR count). The fraction of sp³-hybridized carbons (Fsp3) is 0.300. The Morgan fingerprint density at radius 1 is 0.949 bits per heavy atom. The Hall–Kier alpha value is -3.49. The number of hydrogen-bond donors (Lipinski definition) is 0. The molecule has 0 spiro atoms. The maximum absolute atomic E-state index is 13.7. The van der Waals surface area contributed by atoms with E-state index in [4.69, 9.17) is 21.1 Å². The summed E-state index contributed by atoms with van der Waals surface area (Å²) in [5.41, 5.74) is 2.31. The van der Waals surface area contributed by atoms with Crippen LogP contribution in [0, 0.1) is 0 Å². The second-order valence-electron chi connectivity index (χ2n) is 9.56. The number of hydrogen-bond acceptors (Lipinski definition) is 6. The van der Waals surface area contributed by atoms with Gasteiger partial charge in [-0.2, -0.15) is 0 Å². The monoisotopic (exact) mass is 564 g/mol. The maximum atomic E-state index is 13.7.